The second-order valence-corrected chi connectivity index (χ2v) is 7.74. The van der Waals surface area contributed by atoms with Crippen LogP contribution in [0.2, 0.25) is 0 Å². The number of pyridine rings is 1. The summed E-state index contributed by atoms with van der Waals surface area (Å²) in [6.45, 7) is 2.60. The average molecular weight is 415 g/mol. The molecule has 0 bridgehead atoms. The van der Waals surface area contributed by atoms with Gasteiger partial charge in [0.05, 0.1) is 19.2 Å². The number of hydrogen-bond donors (Lipinski definition) is 3. The van der Waals surface area contributed by atoms with Crippen LogP contribution < -0.4 is 26.1 Å². The number of hydrogen-bond acceptors (Lipinski definition) is 5. The highest BCUT2D eigenvalue weighted by molar-refractivity contribution is 6.01. The maximum absolute atomic E-state index is 12.8. The van der Waals surface area contributed by atoms with Crippen molar-refractivity contribution in [1.82, 2.24) is 10.3 Å². The zero-order valence-electron chi connectivity index (χ0n) is 17.5. The van der Waals surface area contributed by atoms with Gasteiger partial charge in [-0.05, 0) is 37.5 Å². The summed E-state index contributed by atoms with van der Waals surface area (Å²) < 4.78 is 11.3. The van der Waals surface area contributed by atoms with Gasteiger partial charge in [0, 0.05) is 5.39 Å². The minimum atomic E-state index is -1.09. The quantitative estimate of drug-likeness (QED) is 0.543. The molecule has 1 aliphatic rings. The first-order valence-corrected chi connectivity index (χ1v) is 10.4. The molecule has 1 aromatic carbocycles. The van der Waals surface area contributed by atoms with Crippen molar-refractivity contribution < 1.29 is 19.1 Å². The van der Waals surface area contributed by atoms with Crippen molar-refractivity contribution in [2.24, 2.45) is 5.73 Å². The standard InChI is InChI=1S/C22H29N3O5/c1-3-4-7-12-30-18-16(29-2)9-8-14-13-15(19(26)24-17(14)18)20(27)25-22(21(23)28)10-5-6-11-22/h8-9,13H,3-7,10-12H2,1-2H3,(H2,23,28)(H,24,26)(H,25,27). The summed E-state index contributed by atoms with van der Waals surface area (Å²) in [5, 5.41) is 3.34. The highest BCUT2D eigenvalue weighted by atomic mass is 16.5. The number of unbranched alkanes of at least 4 members (excludes halogenated alkanes) is 2. The Morgan fingerprint density at radius 1 is 1.23 bits per heavy atom. The molecule has 162 valence electrons. The molecule has 0 saturated heterocycles. The van der Waals surface area contributed by atoms with Crippen LogP contribution in [0, 0.1) is 0 Å². The third-order valence-corrected chi connectivity index (χ3v) is 5.68. The summed E-state index contributed by atoms with van der Waals surface area (Å²) in [7, 11) is 1.53. The average Bonchev–Trinajstić information content (AvgIpc) is 3.20. The van der Waals surface area contributed by atoms with E-state index in [2.05, 4.69) is 17.2 Å². The number of methoxy groups -OCH3 is 1. The number of primary amides is 1. The number of carbonyl (C=O) groups is 2. The normalized spacial score (nSPS) is 15.1. The Morgan fingerprint density at radius 2 is 1.97 bits per heavy atom. The van der Waals surface area contributed by atoms with Crippen molar-refractivity contribution in [2.75, 3.05) is 13.7 Å². The van der Waals surface area contributed by atoms with Gasteiger partial charge < -0.3 is 25.5 Å². The van der Waals surface area contributed by atoms with Gasteiger partial charge in [-0.2, -0.15) is 0 Å². The monoisotopic (exact) mass is 415 g/mol. The summed E-state index contributed by atoms with van der Waals surface area (Å²) in [4.78, 5) is 40.2. The lowest BCUT2D eigenvalue weighted by molar-refractivity contribution is -0.123. The summed E-state index contributed by atoms with van der Waals surface area (Å²) in [6, 6.07) is 4.99. The fraction of sp³-hybridized carbons (Fsp3) is 0.500. The van der Waals surface area contributed by atoms with Crippen LogP contribution in [-0.4, -0.2) is 36.1 Å². The highest BCUT2D eigenvalue weighted by Crippen LogP contribution is 2.34. The first kappa shape index (κ1) is 21.7. The number of fused-ring (bicyclic) bond motifs is 1. The van der Waals surface area contributed by atoms with Gasteiger partial charge in [0.1, 0.15) is 11.1 Å². The Balaban J connectivity index is 1.94. The fourth-order valence-corrected chi connectivity index (χ4v) is 3.93. The Bertz CT molecular complexity index is 992. The van der Waals surface area contributed by atoms with E-state index < -0.39 is 22.9 Å². The molecule has 1 aromatic heterocycles. The fourth-order valence-electron chi connectivity index (χ4n) is 3.93. The summed E-state index contributed by atoms with van der Waals surface area (Å²) >= 11 is 0. The van der Waals surface area contributed by atoms with E-state index in [1.807, 2.05) is 0 Å². The van der Waals surface area contributed by atoms with Gasteiger partial charge in [0.2, 0.25) is 5.91 Å². The van der Waals surface area contributed by atoms with Crippen LogP contribution in [0.3, 0.4) is 0 Å². The maximum atomic E-state index is 12.8. The molecular weight excluding hydrogens is 386 g/mol. The number of amides is 2. The number of nitrogens with two attached hydrogens (primary N) is 1. The number of rotatable bonds is 9. The molecule has 0 aliphatic heterocycles. The minimum Gasteiger partial charge on any atom is -0.493 e. The van der Waals surface area contributed by atoms with Crippen molar-refractivity contribution in [3.8, 4) is 11.5 Å². The van der Waals surface area contributed by atoms with E-state index in [9.17, 15) is 14.4 Å². The van der Waals surface area contributed by atoms with Gasteiger partial charge in [-0.25, -0.2) is 0 Å². The molecule has 1 fully saturated rings. The largest absolute Gasteiger partial charge is 0.493 e. The number of aromatic amines is 1. The number of H-pyrrole nitrogens is 1. The Hall–Kier alpha value is -3.03. The minimum absolute atomic E-state index is 0.0721. The van der Waals surface area contributed by atoms with E-state index in [1.165, 1.54) is 13.2 Å². The van der Waals surface area contributed by atoms with Crippen LogP contribution in [0.1, 0.15) is 62.2 Å². The zero-order chi connectivity index (χ0) is 21.7. The highest BCUT2D eigenvalue weighted by Gasteiger charge is 2.41. The second kappa shape index (κ2) is 9.19. The number of ether oxygens (including phenoxy) is 2. The molecule has 8 nitrogen and oxygen atoms in total. The van der Waals surface area contributed by atoms with Crippen LogP contribution in [0.15, 0.2) is 23.0 Å². The molecule has 30 heavy (non-hydrogen) atoms. The van der Waals surface area contributed by atoms with E-state index in [4.69, 9.17) is 15.2 Å². The Morgan fingerprint density at radius 3 is 2.60 bits per heavy atom. The predicted molar refractivity (Wildman–Crippen MR) is 114 cm³/mol. The third kappa shape index (κ3) is 4.27. The van der Waals surface area contributed by atoms with E-state index >= 15 is 0 Å². The molecule has 2 amide bonds. The molecule has 1 heterocycles. The molecule has 0 radical (unpaired) electrons. The molecule has 2 aromatic rings. The molecule has 1 saturated carbocycles. The van der Waals surface area contributed by atoms with Crippen molar-refractivity contribution in [3.63, 3.8) is 0 Å². The van der Waals surface area contributed by atoms with Gasteiger partial charge >= 0.3 is 0 Å². The van der Waals surface area contributed by atoms with E-state index in [0.717, 1.165) is 32.1 Å². The first-order chi connectivity index (χ1) is 14.4. The summed E-state index contributed by atoms with van der Waals surface area (Å²) in [5.74, 6) is -0.233. The number of benzene rings is 1. The van der Waals surface area contributed by atoms with E-state index in [-0.39, 0.29) is 5.56 Å². The Kier molecular flexibility index (Phi) is 6.64. The van der Waals surface area contributed by atoms with Crippen molar-refractivity contribution in [3.05, 3.63) is 34.1 Å². The van der Waals surface area contributed by atoms with Gasteiger partial charge in [0.15, 0.2) is 11.5 Å². The second-order valence-electron chi connectivity index (χ2n) is 7.74. The van der Waals surface area contributed by atoms with Crippen molar-refractivity contribution >= 4 is 22.7 Å². The molecule has 1 aliphatic carbocycles. The van der Waals surface area contributed by atoms with E-state index in [0.29, 0.717) is 41.9 Å². The topological polar surface area (TPSA) is 124 Å². The molecule has 8 heteroatoms. The number of carbonyl (C=O) groups excluding carboxylic acids is 2. The SMILES string of the molecule is CCCCCOc1c(OC)ccc2cc(C(=O)NC3(C(N)=O)CCCC3)c(=O)[nH]c12. The molecule has 3 rings (SSSR count). The Labute approximate surface area is 175 Å². The van der Waals surface area contributed by atoms with Crippen molar-refractivity contribution in [2.45, 2.75) is 57.4 Å². The molecule has 0 unspecified atom stereocenters. The lowest BCUT2D eigenvalue weighted by Gasteiger charge is -2.26. The molecule has 0 spiro atoms. The van der Waals surface area contributed by atoms with Crippen LogP contribution in [-0.2, 0) is 4.79 Å². The van der Waals surface area contributed by atoms with Crippen LogP contribution >= 0.6 is 0 Å². The van der Waals surface area contributed by atoms with Crippen LogP contribution in [0.5, 0.6) is 11.5 Å². The predicted octanol–water partition coefficient (Wildman–Crippen LogP) is 2.63. The zero-order valence-corrected chi connectivity index (χ0v) is 17.5. The third-order valence-electron chi connectivity index (χ3n) is 5.68. The van der Waals surface area contributed by atoms with Crippen molar-refractivity contribution in [1.29, 1.82) is 0 Å². The van der Waals surface area contributed by atoms with Gasteiger partial charge in [-0.3, -0.25) is 14.4 Å². The molecular formula is C22H29N3O5. The summed E-state index contributed by atoms with van der Waals surface area (Å²) in [6.07, 6.45) is 5.55. The van der Waals surface area contributed by atoms with Gasteiger partial charge in [-0.1, -0.05) is 32.6 Å². The summed E-state index contributed by atoms with van der Waals surface area (Å²) in [5.41, 5.74) is 4.28. The first-order valence-electron chi connectivity index (χ1n) is 10.4. The molecule has 0 atom stereocenters. The van der Waals surface area contributed by atoms with Gasteiger partial charge in [-0.15, -0.1) is 0 Å². The molecule has 4 N–H and O–H groups in total. The van der Waals surface area contributed by atoms with Gasteiger partial charge in [0.25, 0.3) is 11.5 Å². The van der Waals surface area contributed by atoms with Crippen LogP contribution in [0.25, 0.3) is 10.9 Å². The lowest BCUT2D eigenvalue weighted by Crippen LogP contribution is -2.56. The van der Waals surface area contributed by atoms with Crippen LogP contribution in [0.4, 0.5) is 0 Å². The smallest absolute Gasteiger partial charge is 0.261 e. The maximum Gasteiger partial charge on any atom is 0.261 e. The van der Waals surface area contributed by atoms with E-state index in [1.54, 1.807) is 12.1 Å². The number of nitrogens with one attached hydrogen (secondary N) is 2. The number of aromatic nitrogens is 1. The lowest BCUT2D eigenvalue weighted by atomic mass is 9.96.